The first-order chi connectivity index (χ1) is 16.6. The quantitative estimate of drug-likeness (QED) is 0.447. The van der Waals surface area contributed by atoms with Crippen LogP contribution in [0.25, 0.3) is 10.4 Å². The predicted molar refractivity (Wildman–Crippen MR) is 132 cm³/mol. The Morgan fingerprint density at radius 2 is 1.53 bits per heavy atom. The SMILES string of the molecule is CCOC(=O)c1nc2c(s1)-c1cccc(OC)c1CCC2.COc1cccc2c1CCCC2=O. The number of nitrogens with zero attached hydrogens (tertiary/aromatic N) is 1. The number of ketones is 1. The lowest BCUT2D eigenvalue weighted by Crippen LogP contribution is -2.11. The van der Waals surface area contributed by atoms with Crippen molar-refractivity contribution in [2.75, 3.05) is 20.8 Å². The number of methoxy groups -OCH3 is 2. The summed E-state index contributed by atoms with van der Waals surface area (Å²) in [4.78, 5) is 28.9. The van der Waals surface area contributed by atoms with Crippen molar-refractivity contribution in [3.63, 3.8) is 0 Å². The number of carbonyl (C=O) groups is 2. The molecule has 0 bridgehead atoms. The van der Waals surface area contributed by atoms with E-state index in [9.17, 15) is 9.59 Å². The molecule has 0 spiro atoms. The average Bonchev–Trinajstić information content (AvgIpc) is 3.21. The molecule has 7 heteroatoms. The van der Waals surface area contributed by atoms with Gasteiger partial charge >= 0.3 is 5.97 Å². The Morgan fingerprint density at radius 1 is 0.912 bits per heavy atom. The number of rotatable bonds is 4. The molecule has 178 valence electrons. The number of thiazole rings is 1. The second-order valence-corrected chi connectivity index (χ2v) is 9.12. The minimum Gasteiger partial charge on any atom is -0.496 e. The van der Waals surface area contributed by atoms with Gasteiger partial charge in [-0.3, -0.25) is 4.79 Å². The molecule has 0 N–H and O–H groups in total. The molecule has 0 amide bonds. The fraction of sp³-hybridized carbons (Fsp3) is 0.370. The Morgan fingerprint density at radius 3 is 2.18 bits per heavy atom. The van der Waals surface area contributed by atoms with Crippen LogP contribution in [0.1, 0.15) is 63.2 Å². The number of esters is 1. The Bertz CT molecular complexity index is 1200. The summed E-state index contributed by atoms with van der Waals surface area (Å²) in [5, 5.41) is 0.442. The smallest absolute Gasteiger partial charge is 0.367 e. The molecule has 0 unspecified atom stereocenters. The van der Waals surface area contributed by atoms with Gasteiger partial charge in [0.1, 0.15) is 11.5 Å². The number of ether oxygens (including phenoxy) is 3. The number of Topliss-reactive ketones (excluding diaryl/α,β-unsaturated/α-hetero) is 1. The largest absolute Gasteiger partial charge is 0.496 e. The van der Waals surface area contributed by atoms with Crippen molar-refractivity contribution in [2.45, 2.75) is 45.4 Å². The standard InChI is InChI=1S/C16H17NO3S.C11H12O2/c1-3-20-16(18)15-17-12-8-4-6-10-11(14(12)21-15)7-5-9-13(10)19-2;1-13-11-7-3-4-8-9(11)5-2-6-10(8)12/h5,7,9H,3-4,6,8H2,1-2H3;3-4,7H,2,5-6H2,1H3. The second kappa shape index (κ2) is 10.8. The summed E-state index contributed by atoms with van der Waals surface area (Å²) < 4.78 is 15.7. The summed E-state index contributed by atoms with van der Waals surface area (Å²) in [5.74, 6) is 1.68. The maximum absolute atomic E-state index is 11.9. The lowest BCUT2D eigenvalue weighted by molar-refractivity contribution is 0.0525. The van der Waals surface area contributed by atoms with E-state index >= 15 is 0 Å². The molecular formula is C27H29NO5S. The van der Waals surface area contributed by atoms with Crippen molar-refractivity contribution in [2.24, 2.45) is 0 Å². The number of hydrogen-bond donors (Lipinski definition) is 0. The van der Waals surface area contributed by atoms with E-state index in [1.54, 1.807) is 21.1 Å². The minimum atomic E-state index is -0.333. The summed E-state index contributed by atoms with van der Waals surface area (Å²) in [7, 11) is 3.34. The number of carbonyl (C=O) groups excluding carboxylic acids is 2. The van der Waals surface area contributed by atoms with Gasteiger partial charge in [0.25, 0.3) is 0 Å². The van der Waals surface area contributed by atoms with Gasteiger partial charge in [0, 0.05) is 28.7 Å². The molecule has 0 radical (unpaired) electrons. The van der Waals surface area contributed by atoms with Gasteiger partial charge in [0.2, 0.25) is 5.01 Å². The third-order valence-electron chi connectivity index (χ3n) is 6.07. The van der Waals surface area contributed by atoms with Gasteiger partial charge in [-0.05, 0) is 51.2 Å². The van der Waals surface area contributed by atoms with Gasteiger partial charge in [-0.2, -0.15) is 0 Å². The van der Waals surface area contributed by atoms with Gasteiger partial charge in [0.15, 0.2) is 5.78 Å². The van der Waals surface area contributed by atoms with Crippen LogP contribution in [0.15, 0.2) is 36.4 Å². The Kier molecular flexibility index (Phi) is 7.63. The molecule has 0 fully saturated rings. The number of fused-ring (bicyclic) bond motifs is 4. The van der Waals surface area contributed by atoms with E-state index in [1.165, 1.54) is 16.9 Å². The van der Waals surface area contributed by atoms with Crippen LogP contribution in [0.5, 0.6) is 11.5 Å². The van der Waals surface area contributed by atoms with Gasteiger partial charge in [0.05, 0.1) is 31.4 Å². The molecule has 34 heavy (non-hydrogen) atoms. The maximum atomic E-state index is 11.9. The fourth-order valence-electron chi connectivity index (χ4n) is 4.51. The fourth-order valence-corrected chi connectivity index (χ4v) is 5.57. The van der Waals surface area contributed by atoms with Crippen LogP contribution in [0.2, 0.25) is 0 Å². The molecule has 2 aliphatic rings. The molecule has 0 atom stereocenters. The van der Waals surface area contributed by atoms with Crippen molar-refractivity contribution >= 4 is 23.1 Å². The predicted octanol–water partition coefficient (Wildman–Crippen LogP) is 5.70. The topological polar surface area (TPSA) is 74.7 Å². The van der Waals surface area contributed by atoms with Crippen LogP contribution in [0, 0.1) is 0 Å². The molecular weight excluding hydrogens is 450 g/mol. The van der Waals surface area contributed by atoms with E-state index in [-0.39, 0.29) is 11.8 Å². The highest BCUT2D eigenvalue weighted by Gasteiger charge is 2.24. The third kappa shape index (κ3) is 4.85. The first kappa shape index (κ1) is 24.0. The van der Waals surface area contributed by atoms with Crippen LogP contribution >= 0.6 is 11.3 Å². The number of aromatic nitrogens is 1. The zero-order chi connectivity index (χ0) is 24.1. The molecule has 0 aliphatic heterocycles. The molecule has 1 heterocycles. The highest BCUT2D eigenvalue weighted by Crippen LogP contribution is 2.40. The third-order valence-corrected chi connectivity index (χ3v) is 7.18. The van der Waals surface area contributed by atoms with Crippen LogP contribution < -0.4 is 9.47 Å². The lowest BCUT2D eigenvalue weighted by atomic mass is 9.90. The zero-order valence-corrected chi connectivity index (χ0v) is 20.6. The van der Waals surface area contributed by atoms with Crippen molar-refractivity contribution in [3.8, 4) is 21.9 Å². The molecule has 0 saturated heterocycles. The van der Waals surface area contributed by atoms with E-state index in [4.69, 9.17) is 14.2 Å². The summed E-state index contributed by atoms with van der Waals surface area (Å²) >= 11 is 1.42. The van der Waals surface area contributed by atoms with E-state index in [2.05, 4.69) is 11.1 Å². The van der Waals surface area contributed by atoms with Crippen LogP contribution in [0.3, 0.4) is 0 Å². The zero-order valence-electron chi connectivity index (χ0n) is 19.8. The summed E-state index contributed by atoms with van der Waals surface area (Å²) in [6.07, 6.45) is 5.45. The number of aryl methyl sites for hydroxylation is 1. The molecule has 6 nitrogen and oxygen atoms in total. The molecule has 0 saturated carbocycles. The summed E-state index contributed by atoms with van der Waals surface area (Å²) in [6, 6.07) is 11.7. The molecule has 3 aromatic rings. The monoisotopic (exact) mass is 479 g/mol. The first-order valence-electron chi connectivity index (χ1n) is 11.6. The van der Waals surface area contributed by atoms with Crippen molar-refractivity contribution < 1.29 is 23.8 Å². The number of hydrogen-bond acceptors (Lipinski definition) is 7. The van der Waals surface area contributed by atoms with Crippen molar-refractivity contribution in [3.05, 3.63) is 63.8 Å². The normalized spacial score (nSPS) is 13.9. The van der Waals surface area contributed by atoms with Crippen LogP contribution in [-0.2, 0) is 24.0 Å². The average molecular weight is 480 g/mol. The molecule has 2 aromatic carbocycles. The van der Waals surface area contributed by atoms with E-state index in [0.29, 0.717) is 18.0 Å². The Hall–Kier alpha value is -3.19. The van der Waals surface area contributed by atoms with E-state index in [0.717, 1.165) is 70.9 Å². The van der Waals surface area contributed by atoms with Crippen molar-refractivity contribution in [1.82, 2.24) is 4.98 Å². The van der Waals surface area contributed by atoms with E-state index < -0.39 is 0 Å². The first-order valence-corrected chi connectivity index (χ1v) is 12.4. The summed E-state index contributed by atoms with van der Waals surface area (Å²) in [5.41, 5.74) is 5.27. The van der Waals surface area contributed by atoms with Crippen LogP contribution in [0.4, 0.5) is 0 Å². The lowest BCUT2D eigenvalue weighted by Gasteiger charge is -2.16. The molecule has 2 aliphatic carbocycles. The second-order valence-electron chi connectivity index (χ2n) is 8.12. The minimum absolute atomic E-state index is 0.250. The van der Waals surface area contributed by atoms with E-state index in [1.807, 2.05) is 30.3 Å². The Labute approximate surface area is 203 Å². The highest BCUT2D eigenvalue weighted by atomic mass is 32.1. The molecule has 5 rings (SSSR count). The van der Waals surface area contributed by atoms with Gasteiger partial charge in [-0.25, -0.2) is 9.78 Å². The van der Waals surface area contributed by atoms with Gasteiger partial charge < -0.3 is 14.2 Å². The summed E-state index contributed by atoms with van der Waals surface area (Å²) in [6.45, 7) is 2.17. The van der Waals surface area contributed by atoms with Crippen LogP contribution in [-0.4, -0.2) is 37.6 Å². The Balaban J connectivity index is 0.000000180. The highest BCUT2D eigenvalue weighted by molar-refractivity contribution is 7.17. The number of benzene rings is 2. The maximum Gasteiger partial charge on any atom is 0.367 e. The van der Waals surface area contributed by atoms with Crippen molar-refractivity contribution in [1.29, 1.82) is 0 Å². The van der Waals surface area contributed by atoms with Gasteiger partial charge in [-0.15, -0.1) is 11.3 Å². The molecule has 1 aromatic heterocycles. The van der Waals surface area contributed by atoms with Gasteiger partial charge in [-0.1, -0.05) is 24.3 Å².